The number of aromatic nitrogens is 3. The van der Waals surface area contributed by atoms with Crippen molar-refractivity contribution in [1.82, 2.24) is 15.0 Å². The quantitative estimate of drug-likeness (QED) is 0.831. The number of nitrogens with zero attached hydrogens (tertiary/aromatic N) is 5. The van der Waals surface area contributed by atoms with Crippen LogP contribution in [0.2, 0.25) is 5.28 Å². The molecule has 118 valence electrons. The minimum atomic E-state index is 0.0683. The first kappa shape index (κ1) is 16.2. The van der Waals surface area contributed by atoms with Gasteiger partial charge >= 0.3 is 0 Å². The summed E-state index contributed by atoms with van der Waals surface area (Å²) in [5.41, 5.74) is 0. The standard InChI is InChI=1S/C14H24ClN5O/c1-3-11(4-2)20(9-10-21)14-17-12(15)16-13(18-14)19-7-5-6-8-19/h11,21H,3-10H2,1-2H3. The summed E-state index contributed by atoms with van der Waals surface area (Å²) in [5.74, 6) is 1.22. The van der Waals surface area contributed by atoms with Crippen LogP contribution in [0.4, 0.5) is 11.9 Å². The van der Waals surface area contributed by atoms with Gasteiger partial charge in [-0.25, -0.2) is 0 Å². The highest BCUT2D eigenvalue weighted by molar-refractivity contribution is 6.28. The summed E-state index contributed by atoms with van der Waals surface area (Å²) in [6.07, 6.45) is 4.26. The Kier molecular flexibility index (Phi) is 5.99. The van der Waals surface area contributed by atoms with Gasteiger partial charge in [0.2, 0.25) is 17.2 Å². The molecule has 1 aromatic rings. The average Bonchev–Trinajstić information content (AvgIpc) is 3.01. The van der Waals surface area contributed by atoms with Gasteiger partial charge in [0, 0.05) is 25.7 Å². The van der Waals surface area contributed by atoms with Gasteiger partial charge in [-0.2, -0.15) is 15.0 Å². The van der Waals surface area contributed by atoms with E-state index in [9.17, 15) is 5.11 Å². The van der Waals surface area contributed by atoms with Crippen molar-refractivity contribution >= 4 is 23.5 Å². The Labute approximate surface area is 131 Å². The summed E-state index contributed by atoms with van der Waals surface area (Å²) >= 11 is 6.09. The van der Waals surface area contributed by atoms with E-state index in [-0.39, 0.29) is 11.9 Å². The lowest BCUT2D eigenvalue weighted by atomic mass is 10.1. The molecule has 1 aliphatic rings. The second-order valence-corrected chi connectivity index (χ2v) is 5.62. The number of hydrogen-bond donors (Lipinski definition) is 1. The normalized spacial score (nSPS) is 15.0. The van der Waals surface area contributed by atoms with Gasteiger partial charge in [0.25, 0.3) is 0 Å². The Bertz CT molecular complexity index is 449. The summed E-state index contributed by atoms with van der Waals surface area (Å²) in [5, 5.41) is 9.55. The van der Waals surface area contributed by atoms with E-state index < -0.39 is 0 Å². The number of rotatable bonds is 7. The molecular weight excluding hydrogens is 290 g/mol. The third-order valence-corrected chi connectivity index (χ3v) is 4.12. The van der Waals surface area contributed by atoms with Crippen LogP contribution in [0.25, 0.3) is 0 Å². The summed E-state index contributed by atoms with van der Waals surface area (Å²) in [4.78, 5) is 17.3. The monoisotopic (exact) mass is 313 g/mol. The first-order valence-corrected chi connectivity index (χ1v) is 8.11. The second kappa shape index (κ2) is 7.75. The van der Waals surface area contributed by atoms with E-state index in [2.05, 4.69) is 33.7 Å². The number of anilines is 2. The van der Waals surface area contributed by atoms with Crippen LogP contribution in [0.15, 0.2) is 0 Å². The highest BCUT2D eigenvalue weighted by Gasteiger charge is 2.22. The molecular formula is C14H24ClN5O. The molecule has 0 bridgehead atoms. The number of halogens is 1. The van der Waals surface area contributed by atoms with Crippen molar-refractivity contribution in [2.75, 3.05) is 36.0 Å². The van der Waals surface area contributed by atoms with E-state index in [1.165, 1.54) is 0 Å². The Balaban J connectivity index is 2.30. The van der Waals surface area contributed by atoms with Crippen molar-refractivity contribution in [3.8, 4) is 0 Å². The molecule has 6 nitrogen and oxygen atoms in total. The summed E-state index contributed by atoms with van der Waals surface area (Å²) < 4.78 is 0. The van der Waals surface area contributed by atoms with E-state index in [1.807, 2.05) is 4.90 Å². The molecule has 7 heteroatoms. The number of hydrogen-bond acceptors (Lipinski definition) is 6. The smallest absolute Gasteiger partial charge is 0.231 e. The summed E-state index contributed by atoms with van der Waals surface area (Å²) in [6.45, 7) is 6.76. The predicted molar refractivity (Wildman–Crippen MR) is 85.1 cm³/mol. The molecule has 1 aliphatic heterocycles. The van der Waals surface area contributed by atoms with Crippen molar-refractivity contribution < 1.29 is 5.11 Å². The fourth-order valence-electron chi connectivity index (χ4n) is 2.80. The molecule has 0 spiro atoms. The van der Waals surface area contributed by atoms with Crippen LogP contribution in [-0.2, 0) is 0 Å². The lowest BCUT2D eigenvalue weighted by Crippen LogP contribution is -2.38. The van der Waals surface area contributed by atoms with E-state index in [0.29, 0.717) is 24.5 Å². The van der Waals surface area contributed by atoms with Crippen LogP contribution < -0.4 is 9.80 Å². The van der Waals surface area contributed by atoms with Crippen LogP contribution >= 0.6 is 11.6 Å². The molecule has 1 aromatic heterocycles. The van der Waals surface area contributed by atoms with Gasteiger partial charge in [0.15, 0.2) is 0 Å². The van der Waals surface area contributed by atoms with Crippen LogP contribution in [0, 0.1) is 0 Å². The molecule has 1 fully saturated rings. The second-order valence-electron chi connectivity index (χ2n) is 5.29. The van der Waals surface area contributed by atoms with Gasteiger partial charge in [-0.3, -0.25) is 0 Å². The zero-order valence-corrected chi connectivity index (χ0v) is 13.6. The van der Waals surface area contributed by atoms with Gasteiger partial charge in [0.1, 0.15) is 0 Å². The molecule has 21 heavy (non-hydrogen) atoms. The SMILES string of the molecule is CCC(CC)N(CCO)c1nc(Cl)nc(N2CCCC2)n1. The third-order valence-electron chi connectivity index (χ3n) is 3.95. The summed E-state index contributed by atoms with van der Waals surface area (Å²) in [7, 11) is 0. The third kappa shape index (κ3) is 3.95. The first-order valence-electron chi connectivity index (χ1n) is 7.73. The Morgan fingerprint density at radius 3 is 2.43 bits per heavy atom. The van der Waals surface area contributed by atoms with Gasteiger partial charge in [-0.15, -0.1) is 0 Å². The van der Waals surface area contributed by atoms with E-state index in [1.54, 1.807) is 0 Å². The van der Waals surface area contributed by atoms with Gasteiger partial charge in [-0.05, 0) is 37.3 Å². The largest absolute Gasteiger partial charge is 0.395 e. The van der Waals surface area contributed by atoms with Gasteiger partial charge in [0.05, 0.1) is 6.61 Å². The van der Waals surface area contributed by atoms with Crippen molar-refractivity contribution in [3.05, 3.63) is 5.28 Å². The van der Waals surface area contributed by atoms with Crippen molar-refractivity contribution in [2.45, 2.75) is 45.6 Å². The highest BCUT2D eigenvalue weighted by atomic mass is 35.5. The fraction of sp³-hybridized carbons (Fsp3) is 0.786. The molecule has 0 unspecified atom stereocenters. The summed E-state index contributed by atoms with van der Waals surface area (Å²) in [6, 6.07) is 0.294. The fourth-order valence-corrected chi connectivity index (χ4v) is 2.95. The Morgan fingerprint density at radius 1 is 1.19 bits per heavy atom. The van der Waals surface area contributed by atoms with Crippen LogP contribution in [0.3, 0.4) is 0 Å². The van der Waals surface area contributed by atoms with E-state index in [0.717, 1.165) is 38.8 Å². The van der Waals surface area contributed by atoms with Gasteiger partial charge in [-0.1, -0.05) is 13.8 Å². The molecule has 0 aromatic carbocycles. The Hall–Kier alpha value is -1.14. The number of aliphatic hydroxyl groups excluding tert-OH is 1. The number of aliphatic hydroxyl groups is 1. The topological polar surface area (TPSA) is 65.4 Å². The minimum Gasteiger partial charge on any atom is -0.395 e. The molecule has 0 atom stereocenters. The lowest BCUT2D eigenvalue weighted by Gasteiger charge is -2.30. The predicted octanol–water partition coefficient (Wildman–Crippen LogP) is 2.11. The molecule has 1 N–H and O–H groups in total. The molecule has 0 amide bonds. The maximum Gasteiger partial charge on any atom is 0.231 e. The van der Waals surface area contributed by atoms with Crippen molar-refractivity contribution in [1.29, 1.82) is 0 Å². The Morgan fingerprint density at radius 2 is 1.86 bits per heavy atom. The average molecular weight is 314 g/mol. The van der Waals surface area contributed by atoms with Gasteiger partial charge < -0.3 is 14.9 Å². The van der Waals surface area contributed by atoms with Crippen molar-refractivity contribution in [2.24, 2.45) is 0 Å². The molecule has 0 aliphatic carbocycles. The molecule has 1 saturated heterocycles. The van der Waals surface area contributed by atoms with Crippen LogP contribution in [0.1, 0.15) is 39.5 Å². The first-order chi connectivity index (χ1) is 10.2. The minimum absolute atomic E-state index is 0.0683. The van der Waals surface area contributed by atoms with Crippen LogP contribution in [0.5, 0.6) is 0 Å². The molecule has 2 heterocycles. The van der Waals surface area contributed by atoms with Crippen molar-refractivity contribution in [3.63, 3.8) is 0 Å². The molecule has 0 saturated carbocycles. The maximum atomic E-state index is 9.33. The molecule has 0 radical (unpaired) electrons. The molecule has 2 rings (SSSR count). The highest BCUT2D eigenvalue weighted by Crippen LogP contribution is 2.22. The van der Waals surface area contributed by atoms with E-state index in [4.69, 9.17) is 11.6 Å². The zero-order valence-electron chi connectivity index (χ0n) is 12.8. The zero-order chi connectivity index (χ0) is 15.2. The maximum absolute atomic E-state index is 9.33. The van der Waals surface area contributed by atoms with E-state index >= 15 is 0 Å². The van der Waals surface area contributed by atoms with Crippen LogP contribution in [-0.4, -0.2) is 52.3 Å². The lowest BCUT2D eigenvalue weighted by molar-refractivity contribution is 0.295.